The lowest BCUT2D eigenvalue weighted by Crippen LogP contribution is -2.05. The Morgan fingerprint density at radius 2 is 1.55 bits per heavy atom. The normalized spacial score (nSPS) is 11.2. The van der Waals surface area contributed by atoms with Crippen LogP contribution in [0, 0.1) is 0 Å². The average molecular weight is 294 g/mol. The summed E-state index contributed by atoms with van der Waals surface area (Å²) >= 11 is 0. The second-order valence-electron chi connectivity index (χ2n) is 5.33. The predicted molar refractivity (Wildman–Crippen MR) is 89.4 cm³/mol. The molecule has 0 N–H and O–H groups in total. The van der Waals surface area contributed by atoms with Gasteiger partial charge in [-0.2, -0.15) is 0 Å². The molecule has 22 heavy (non-hydrogen) atoms. The molecule has 2 aromatic rings. The van der Waals surface area contributed by atoms with Gasteiger partial charge in [-0.1, -0.05) is 66.7 Å². The Morgan fingerprint density at radius 3 is 2.18 bits per heavy atom. The number of esters is 1. The van der Waals surface area contributed by atoms with E-state index in [4.69, 9.17) is 4.74 Å². The van der Waals surface area contributed by atoms with Crippen LogP contribution in [0.25, 0.3) is 0 Å². The summed E-state index contributed by atoms with van der Waals surface area (Å²) in [5.41, 5.74) is 3.02. The van der Waals surface area contributed by atoms with Gasteiger partial charge >= 0.3 is 5.97 Å². The van der Waals surface area contributed by atoms with Gasteiger partial charge < -0.3 is 4.74 Å². The van der Waals surface area contributed by atoms with Crippen LogP contribution in [0.2, 0.25) is 0 Å². The number of allylic oxidation sites excluding steroid dienone is 1. The molecule has 2 nitrogen and oxygen atoms in total. The number of aryl methyl sites for hydroxylation is 1. The number of carbonyl (C=O) groups excluding carboxylic acids is 1. The lowest BCUT2D eigenvalue weighted by atomic mass is 10.1. The van der Waals surface area contributed by atoms with E-state index in [1.807, 2.05) is 49.4 Å². The van der Waals surface area contributed by atoms with Crippen LogP contribution in [-0.4, -0.2) is 5.97 Å². The SMILES string of the molecule is CC(=CCCCc1ccccc1)C(=O)OCc1ccccc1. The molecular formula is C20H22O2. The second kappa shape index (κ2) is 8.83. The molecule has 0 aliphatic carbocycles. The summed E-state index contributed by atoms with van der Waals surface area (Å²) in [6, 6.07) is 20.1. The first-order valence-electron chi connectivity index (χ1n) is 7.67. The van der Waals surface area contributed by atoms with Crippen LogP contribution in [0.4, 0.5) is 0 Å². The Morgan fingerprint density at radius 1 is 0.955 bits per heavy atom. The molecule has 0 aromatic heterocycles. The van der Waals surface area contributed by atoms with Crippen LogP contribution in [0.1, 0.15) is 30.9 Å². The predicted octanol–water partition coefficient (Wildman–Crippen LogP) is 4.70. The van der Waals surface area contributed by atoms with Crippen molar-refractivity contribution in [2.45, 2.75) is 32.8 Å². The van der Waals surface area contributed by atoms with Crippen molar-refractivity contribution >= 4 is 5.97 Å². The zero-order chi connectivity index (χ0) is 15.6. The molecule has 2 heteroatoms. The highest BCUT2D eigenvalue weighted by Crippen LogP contribution is 2.08. The zero-order valence-corrected chi connectivity index (χ0v) is 13.0. The van der Waals surface area contributed by atoms with Gasteiger partial charge in [0, 0.05) is 5.57 Å². The van der Waals surface area contributed by atoms with Gasteiger partial charge in [-0.15, -0.1) is 0 Å². The lowest BCUT2D eigenvalue weighted by molar-refractivity contribution is -0.140. The van der Waals surface area contributed by atoms with Gasteiger partial charge in [-0.3, -0.25) is 0 Å². The molecule has 0 saturated carbocycles. The number of ether oxygens (including phenoxy) is 1. The number of rotatable bonds is 7. The number of unbranched alkanes of at least 4 members (excludes halogenated alkanes) is 1. The smallest absolute Gasteiger partial charge is 0.333 e. The first kappa shape index (κ1) is 16.0. The highest BCUT2D eigenvalue weighted by atomic mass is 16.5. The minimum atomic E-state index is -0.233. The molecule has 0 heterocycles. The molecule has 0 atom stereocenters. The Bertz CT molecular complexity index is 600. The van der Waals surface area contributed by atoms with Crippen LogP contribution < -0.4 is 0 Å². The largest absolute Gasteiger partial charge is 0.457 e. The lowest BCUT2D eigenvalue weighted by Gasteiger charge is -2.05. The van der Waals surface area contributed by atoms with Crippen molar-refractivity contribution in [3.8, 4) is 0 Å². The van der Waals surface area contributed by atoms with Crippen LogP contribution in [0.3, 0.4) is 0 Å². The monoisotopic (exact) mass is 294 g/mol. The maximum atomic E-state index is 11.9. The van der Waals surface area contributed by atoms with E-state index >= 15 is 0 Å². The summed E-state index contributed by atoms with van der Waals surface area (Å²) in [6.07, 6.45) is 4.93. The average Bonchev–Trinajstić information content (AvgIpc) is 2.58. The number of hydrogen-bond donors (Lipinski definition) is 0. The summed E-state index contributed by atoms with van der Waals surface area (Å²) in [5, 5.41) is 0. The van der Waals surface area contributed by atoms with E-state index in [2.05, 4.69) is 24.3 Å². The van der Waals surface area contributed by atoms with Crippen molar-refractivity contribution in [2.24, 2.45) is 0 Å². The van der Waals surface area contributed by atoms with Crippen molar-refractivity contribution in [2.75, 3.05) is 0 Å². The molecule has 0 saturated heterocycles. The summed E-state index contributed by atoms with van der Waals surface area (Å²) in [5.74, 6) is -0.233. The van der Waals surface area contributed by atoms with E-state index in [9.17, 15) is 4.79 Å². The number of benzene rings is 2. The van der Waals surface area contributed by atoms with Crippen LogP contribution in [-0.2, 0) is 22.6 Å². The van der Waals surface area contributed by atoms with Crippen molar-refractivity contribution < 1.29 is 9.53 Å². The summed E-state index contributed by atoms with van der Waals surface area (Å²) in [7, 11) is 0. The van der Waals surface area contributed by atoms with Gasteiger partial charge in [0.15, 0.2) is 0 Å². The van der Waals surface area contributed by atoms with Gasteiger partial charge in [-0.05, 0) is 37.3 Å². The summed E-state index contributed by atoms with van der Waals surface area (Å²) in [4.78, 5) is 11.9. The molecule has 0 unspecified atom stereocenters. The maximum absolute atomic E-state index is 11.9. The van der Waals surface area contributed by atoms with E-state index in [1.165, 1.54) is 5.56 Å². The molecule has 0 fully saturated rings. The fourth-order valence-electron chi connectivity index (χ4n) is 2.19. The molecule has 0 radical (unpaired) electrons. The molecule has 0 aliphatic rings. The third-order valence-electron chi connectivity index (χ3n) is 3.50. The van der Waals surface area contributed by atoms with Crippen LogP contribution in [0.15, 0.2) is 72.3 Å². The van der Waals surface area contributed by atoms with Crippen molar-refractivity contribution in [1.82, 2.24) is 0 Å². The maximum Gasteiger partial charge on any atom is 0.333 e. The van der Waals surface area contributed by atoms with Gasteiger partial charge in [0.05, 0.1) is 0 Å². The molecule has 0 spiro atoms. The first-order valence-corrected chi connectivity index (χ1v) is 7.67. The molecular weight excluding hydrogens is 272 g/mol. The van der Waals surface area contributed by atoms with Crippen molar-refractivity contribution in [3.63, 3.8) is 0 Å². The summed E-state index contributed by atoms with van der Waals surface area (Å²) < 4.78 is 5.30. The summed E-state index contributed by atoms with van der Waals surface area (Å²) in [6.45, 7) is 2.14. The van der Waals surface area contributed by atoms with E-state index in [0.717, 1.165) is 24.8 Å². The Hall–Kier alpha value is -2.35. The Balaban J connectivity index is 1.71. The first-order chi connectivity index (χ1) is 10.8. The Kier molecular flexibility index (Phi) is 6.43. The van der Waals surface area contributed by atoms with Crippen LogP contribution >= 0.6 is 0 Å². The van der Waals surface area contributed by atoms with Crippen molar-refractivity contribution in [1.29, 1.82) is 0 Å². The molecule has 114 valence electrons. The molecule has 0 bridgehead atoms. The number of hydrogen-bond acceptors (Lipinski definition) is 2. The van der Waals surface area contributed by atoms with Gasteiger partial charge in [0.25, 0.3) is 0 Å². The van der Waals surface area contributed by atoms with E-state index in [-0.39, 0.29) is 5.97 Å². The zero-order valence-electron chi connectivity index (χ0n) is 13.0. The topological polar surface area (TPSA) is 26.3 Å². The third-order valence-corrected chi connectivity index (χ3v) is 3.50. The van der Waals surface area contributed by atoms with Gasteiger partial charge in [0.2, 0.25) is 0 Å². The van der Waals surface area contributed by atoms with E-state index in [1.54, 1.807) is 0 Å². The second-order valence-corrected chi connectivity index (χ2v) is 5.33. The molecule has 2 rings (SSSR count). The number of carbonyl (C=O) groups is 1. The molecule has 0 amide bonds. The fraction of sp³-hybridized carbons (Fsp3) is 0.250. The van der Waals surface area contributed by atoms with E-state index in [0.29, 0.717) is 12.2 Å². The van der Waals surface area contributed by atoms with Crippen LogP contribution in [0.5, 0.6) is 0 Å². The highest BCUT2D eigenvalue weighted by molar-refractivity contribution is 5.87. The highest BCUT2D eigenvalue weighted by Gasteiger charge is 2.05. The van der Waals surface area contributed by atoms with E-state index < -0.39 is 0 Å². The molecule has 0 aliphatic heterocycles. The van der Waals surface area contributed by atoms with Crippen molar-refractivity contribution in [3.05, 3.63) is 83.4 Å². The van der Waals surface area contributed by atoms with Gasteiger partial charge in [-0.25, -0.2) is 4.79 Å². The van der Waals surface area contributed by atoms with Gasteiger partial charge in [0.1, 0.15) is 6.61 Å². The fourth-order valence-corrected chi connectivity index (χ4v) is 2.19. The quantitative estimate of drug-likeness (QED) is 0.420. The Labute approximate surface area is 132 Å². The molecule has 2 aromatic carbocycles. The minimum absolute atomic E-state index is 0.233. The minimum Gasteiger partial charge on any atom is -0.457 e. The third kappa shape index (κ3) is 5.57. The standard InChI is InChI=1S/C20H22O2/c1-17(10-8-9-13-18-11-4-2-5-12-18)20(21)22-16-19-14-6-3-7-15-19/h2-7,10-12,14-15H,8-9,13,16H2,1H3.